The summed E-state index contributed by atoms with van der Waals surface area (Å²) in [7, 11) is 0. The van der Waals surface area contributed by atoms with E-state index < -0.39 is 5.97 Å². The molecule has 0 unspecified atom stereocenters. The highest BCUT2D eigenvalue weighted by Gasteiger charge is 2.13. The lowest BCUT2D eigenvalue weighted by Crippen LogP contribution is -2.12. The van der Waals surface area contributed by atoms with Crippen LogP contribution in [-0.2, 0) is 4.74 Å². The smallest absolute Gasteiger partial charge is 0.339 e. The van der Waals surface area contributed by atoms with Crippen LogP contribution < -0.4 is 0 Å². The summed E-state index contributed by atoms with van der Waals surface area (Å²) in [6, 6.07) is 9.07. The van der Waals surface area contributed by atoms with Gasteiger partial charge in [0, 0.05) is 11.1 Å². The van der Waals surface area contributed by atoms with Crippen LogP contribution in [0.1, 0.15) is 23.0 Å². The molecule has 2 aromatic rings. The fourth-order valence-corrected chi connectivity index (χ4v) is 1.75. The van der Waals surface area contributed by atoms with Crippen molar-refractivity contribution in [3.8, 4) is 0 Å². The van der Waals surface area contributed by atoms with Gasteiger partial charge in [0.1, 0.15) is 6.61 Å². The molecule has 0 bridgehead atoms. The predicted molar refractivity (Wildman–Crippen MR) is 71.7 cm³/mol. The number of para-hydroxylation sites is 1. The molecule has 0 saturated carbocycles. The van der Waals surface area contributed by atoms with Gasteiger partial charge in [0.25, 0.3) is 0 Å². The summed E-state index contributed by atoms with van der Waals surface area (Å²) < 4.78 is 5.09. The highest BCUT2D eigenvalue weighted by atomic mass is 16.5. The molecule has 98 valence electrons. The minimum Gasteiger partial charge on any atom is -0.456 e. The lowest BCUT2D eigenvalue weighted by atomic mass is 10.1. The molecule has 5 nitrogen and oxygen atoms in total. The van der Waals surface area contributed by atoms with Gasteiger partial charge in [0.2, 0.25) is 0 Å². The van der Waals surface area contributed by atoms with Crippen LogP contribution in [0.2, 0.25) is 0 Å². The standard InChI is InChI=1S/C14H14N2O3/c1-9-7-12(14(17)19-8-10(2)16-18)11-5-3-4-6-13(11)15-9/h3-7,18H,8H2,1-2H3/b16-10-. The van der Waals surface area contributed by atoms with E-state index in [1.54, 1.807) is 13.0 Å². The highest BCUT2D eigenvalue weighted by molar-refractivity contribution is 6.04. The second kappa shape index (κ2) is 5.48. The van der Waals surface area contributed by atoms with Crippen LogP contribution in [0.4, 0.5) is 0 Å². The number of benzene rings is 1. The van der Waals surface area contributed by atoms with Crippen molar-refractivity contribution in [3.05, 3.63) is 41.6 Å². The van der Waals surface area contributed by atoms with Crippen LogP contribution in [0, 0.1) is 6.92 Å². The maximum atomic E-state index is 12.0. The third-order valence-corrected chi connectivity index (χ3v) is 2.65. The molecule has 19 heavy (non-hydrogen) atoms. The first kappa shape index (κ1) is 13.0. The van der Waals surface area contributed by atoms with Gasteiger partial charge in [-0.2, -0.15) is 0 Å². The topological polar surface area (TPSA) is 71.8 Å². The van der Waals surface area contributed by atoms with E-state index in [0.29, 0.717) is 11.3 Å². The molecule has 1 N–H and O–H groups in total. The summed E-state index contributed by atoms with van der Waals surface area (Å²) in [5.74, 6) is -0.454. The van der Waals surface area contributed by atoms with E-state index in [-0.39, 0.29) is 6.61 Å². The third kappa shape index (κ3) is 2.88. The SMILES string of the molecule is C/C(COC(=O)c1cc(C)nc2ccccc12)=N/O. The minimum atomic E-state index is -0.454. The number of aryl methyl sites for hydroxylation is 1. The Kier molecular flexibility index (Phi) is 3.75. The number of aromatic nitrogens is 1. The predicted octanol–water partition coefficient (Wildman–Crippen LogP) is 2.55. The number of hydrogen-bond donors (Lipinski definition) is 1. The zero-order valence-electron chi connectivity index (χ0n) is 10.8. The molecule has 0 aliphatic heterocycles. The second-order valence-electron chi connectivity index (χ2n) is 4.24. The summed E-state index contributed by atoms with van der Waals surface area (Å²) in [5, 5.41) is 12.2. The first-order valence-electron chi connectivity index (χ1n) is 5.83. The molecule has 1 aromatic carbocycles. The minimum absolute atomic E-state index is 0.0367. The van der Waals surface area contributed by atoms with E-state index in [0.717, 1.165) is 16.6 Å². The number of pyridine rings is 1. The normalized spacial score (nSPS) is 11.6. The van der Waals surface area contributed by atoms with Crippen LogP contribution >= 0.6 is 0 Å². The number of carbonyl (C=O) groups is 1. The van der Waals surface area contributed by atoms with Crippen LogP contribution in [0.5, 0.6) is 0 Å². The Labute approximate surface area is 110 Å². The molecule has 2 rings (SSSR count). The van der Waals surface area contributed by atoms with Crippen molar-refractivity contribution in [2.45, 2.75) is 13.8 Å². The van der Waals surface area contributed by atoms with Crippen LogP contribution in [0.25, 0.3) is 10.9 Å². The second-order valence-corrected chi connectivity index (χ2v) is 4.24. The average Bonchev–Trinajstić information content (AvgIpc) is 2.43. The number of carbonyl (C=O) groups excluding carboxylic acids is 1. The van der Waals surface area contributed by atoms with Crippen LogP contribution in [-0.4, -0.2) is 28.5 Å². The van der Waals surface area contributed by atoms with E-state index in [4.69, 9.17) is 9.94 Å². The number of fused-ring (bicyclic) bond motifs is 1. The summed E-state index contributed by atoms with van der Waals surface area (Å²) in [6.45, 7) is 3.36. The molecule has 0 amide bonds. The monoisotopic (exact) mass is 258 g/mol. The van der Waals surface area contributed by atoms with Crippen LogP contribution in [0.15, 0.2) is 35.5 Å². The molecule has 1 heterocycles. The van der Waals surface area contributed by atoms with Gasteiger partial charge in [-0.05, 0) is 26.0 Å². The maximum Gasteiger partial charge on any atom is 0.339 e. The van der Waals surface area contributed by atoms with Gasteiger partial charge < -0.3 is 9.94 Å². The van der Waals surface area contributed by atoms with Gasteiger partial charge in [0.05, 0.1) is 16.8 Å². The van der Waals surface area contributed by atoms with Crippen molar-refractivity contribution in [2.24, 2.45) is 5.16 Å². The van der Waals surface area contributed by atoms with Crippen molar-refractivity contribution in [1.82, 2.24) is 4.98 Å². The first-order chi connectivity index (χ1) is 9.11. The molecular weight excluding hydrogens is 244 g/mol. The Bertz CT molecular complexity index is 650. The van der Waals surface area contributed by atoms with E-state index in [9.17, 15) is 4.79 Å². The summed E-state index contributed by atoms with van der Waals surface area (Å²) in [4.78, 5) is 16.4. The maximum absolute atomic E-state index is 12.0. The molecule has 0 saturated heterocycles. The fraction of sp³-hybridized carbons (Fsp3) is 0.214. The number of nitrogens with zero attached hydrogens (tertiary/aromatic N) is 2. The van der Waals surface area contributed by atoms with E-state index >= 15 is 0 Å². The van der Waals surface area contributed by atoms with Crippen molar-refractivity contribution in [3.63, 3.8) is 0 Å². The van der Waals surface area contributed by atoms with Gasteiger partial charge in [-0.1, -0.05) is 23.4 Å². The summed E-state index contributed by atoms with van der Waals surface area (Å²) in [6.07, 6.45) is 0. The summed E-state index contributed by atoms with van der Waals surface area (Å²) >= 11 is 0. The van der Waals surface area contributed by atoms with E-state index in [1.165, 1.54) is 0 Å². The van der Waals surface area contributed by atoms with Gasteiger partial charge in [-0.15, -0.1) is 0 Å². The molecule has 0 spiro atoms. The van der Waals surface area contributed by atoms with Crippen molar-refractivity contribution < 1.29 is 14.7 Å². The molecule has 5 heteroatoms. The number of rotatable bonds is 3. The van der Waals surface area contributed by atoms with Crippen LogP contribution in [0.3, 0.4) is 0 Å². The molecule has 1 aromatic heterocycles. The zero-order chi connectivity index (χ0) is 13.8. The molecule has 0 aliphatic carbocycles. The molecular formula is C14H14N2O3. The number of oxime groups is 1. The Morgan fingerprint density at radius 2 is 2.16 bits per heavy atom. The Balaban J connectivity index is 2.36. The zero-order valence-corrected chi connectivity index (χ0v) is 10.8. The lowest BCUT2D eigenvalue weighted by molar-refractivity contribution is 0.0563. The Morgan fingerprint density at radius 1 is 1.42 bits per heavy atom. The van der Waals surface area contributed by atoms with Gasteiger partial charge >= 0.3 is 5.97 Å². The highest BCUT2D eigenvalue weighted by Crippen LogP contribution is 2.18. The first-order valence-corrected chi connectivity index (χ1v) is 5.83. The van der Waals surface area contributed by atoms with Gasteiger partial charge in [-0.3, -0.25) is 4.98 Å². The fourth-order valence-electron chi connectivity index (χ4n) is 1.75. The van der Waals surface area contributed by atoms with Crippen molar-refractivity contribution >= 4 is 22.6 Å². The van der Waals surface area contributed by atoms with E-state index in [1.807, 2.05) is 31.2 Å². The molecule has 0 radical (unpaired) electrons. The summed E-state index contributed by atoms with van der Waals surface area (Å²) in [5.41, 5.74) is 2.30. The Hall–Kier alpha value is -2.43. The van der Waals surface area contributed by atoms with Gasteiger partial charge in [0.15, 0.2) is 0 Å². The quantitative estimate of drug-likeness (QED) is 0.397. The van der Waals surface area contributed by atoms with Crippen molar-refractivity contribution in [1.29, 1.82) is 0 Å². The molecule has 0 fully saturated rings. The van der Waals surface area contributed by atoms with Crippen molar-refractivity contribution in [2.75, 3.05) is 6.61 Å². The number of esters is 1. The molecule has 0 atom stereocenters. The number of ether oxygens (including phenoxy) is 1. The largest absolute Gasteiger partial charge is 0.456 e. The van der Waals surface area contributed by atoms with E-state index in [2.05, 4.69) is 10.1 Å². The van der Waals surface area contributed by atoms with Gasteiger partial charge in [-0.25, -0.2) is 4.79 Å². The average molecular weight is 258 g/mol. The molecule has 0 aliphatic rings. The lowest BCUT2D eigenvalue weighted by Gasteiger charge is -2.07. The Morgan fingerprint density at radius 3 is 2.89 bits per heavy atom. The number of hydrogen-bond acceptors (Lipinski definition) is 5. The third-order valence-electron chi connectivity index (χ3n) is 2.65.